The van der Waals surface area contributed by atoms with Gasteiger partial charge in [-0.2, -0.15) is 0 Å². The molecule has 0 saturated carbocycles. The summed E-state index contributed by atoms with van der Waals surface area (Å²) in [4.78, 5) is 16.3. The van der Waals surface area contributed by atoms with Gasteiger partial charge in [0.05, 0.1) is 6.04 Å². The lowest BCUT2D eigenvalue weighted by molar-refractivity contribution is 0.0929. The zero-order valence-corrected chi connectivity index (χ0v) is 13.5. The Labute approximate surface area is 135 Å². The van der Waals surface area contributed by atoms with Crippen molar-refractivity contribution in [1.29, 1.82) is 0 Å². The number of aromatic hydroxyl groups is 1. The van der Waals surface area contributed by atoms with Gasteiger partial charge in [-0.15, -0.1) is 0 Å². The molecule has 2 aromatic rings. The van der Waals surface area contributed by atoms with Gasteiger partial charge >= 0.3 is 0 Å². The van der Waals surface area contributed by atoms with Crippen LogP contribution in [-0.4, -0.2) is 22.0 Å². The lowest BCUT2D eigenvalue weighted by Gasteiger charge is -2.13. The number of carbonyl (C=O) groups excluding carboxylic acids is 1. The lowest BCUT2D eigenvalue weighted by Crippen LogP contribution is -2.34. The predicted molar refractivity (Wildman–Crippen MR) is 87.1 cm³/mol. The summed E-state index contributed by atoms with van der Waals surface area (Å²) >= 11 is 0. The number of hydrogen-bond acceptors (Lipinski definition) is 5. The summed E-state index contributed by atoms with van der Waals surface area (Å²) in [7, 11) is 0. The zero-order chi connectivity index (χ0) is 16.8. The molecule has 0 fully saturated rings. The van der Waals surface area contributed by atoms with Crippen molar-refractivity contribution in [2.24, 2.45) is 5.73 Å². The van der Waals surface area contributed by atoms with Crippen LogP contribution in [0.5, 0.6) is 5.75 Å². The standard InChI is InChI=1S/C17H23N3O3/c1-3-12(4-2)19-16(22)15-10-23-17(20-15)14(18)9-11-5-7-13(21)8-6-11/h5-8,10,12,14,21H,3-4,9,18H2,1-2H3,(H,19,22). The van der Waals surface area contributed by atoms with E-state index in [2.05, 4.69) is 10.3 Å². The second-order valence-electron chi connectivity index (χ2n) is 5.53. The summed E-state index contributed by atoms with van der Waals surface area (Å²) in [5.41, 5.74) is 7.28. The summed E-state index contributed by atoms with van der Waals surface area (Å²) < 4.78 is 5.35. The van der Waals surface area contributed by atoms with Crippen LogP contribution in [0.3, 0.4) is 0 Å². The zero-order valence-electron chi connectivity index (χ0n) is 13.5. The lowest BCUT2D eigenvalue weighted by atomic mass is 10.1. The topological polar surface area (TPSA) is 101 Å². The smallest absolute Gasteiger partial charge is 0.273 e. The highest BCUT2D eigenvalue weighted by Crippen LogP contribution is 2.18. The number of rotatable bonds is 7. The fourth-order valence-corrected chi connectivity index (χ4v) is 2.29. The van der Waals surface area contributed by atoms with Gasteiger partial charge in [0.2, 0.25) is 5.89 Å². The van der Waals surface area contributed by atoms with Crippen molar-refractivity contribution >= 4 is 5.91 Å². The van der Waals surface area contributed by atoms with Gasteiger partial charge in [-0.3, -0.25) is 4.79 Å². The molecule has 1 atom stereocenters. The van der Waals surface area contributed by atoms with Crippen LogP contribution in [0, 0.1) is 0 Å². The van der Waals surface area contributed by atoms with Gasteiger partial charge in [0, 0.05) is 6.04 Å². The van der Waals surface area contributed by atoms with Crippen LogP contribution in [0.25, 0.3) is 0 Å². The van der Waals surface area contributed by atoms with E-state index in [9.17, 15) is 9.90 Å². The van der Waals surface area contributed by atoms with E-state index in [1.54, 1.807) is 24.3 Å². The monoisotopic (exact) mass is 317 g/mol. The van der Waals surface area contributed by atoms with Crippen molar-refractivity contribution in [3.8, 4) is 5.75 Å². The van der Waals surface area contributed by atoms with Crippen LogP contribution in [0.4, 0.5) is 0 Å². The number of nitrogens with two attached hydrogens (primary N) is 1. The molecule has 0 spiro atoms. The van der Waals surface area contributed by atoms with Gasteiger partial charge in [0.1, 0.15) is 12.0 Å². The number of oxazole rings is 1. The first-order valence-corrected chi connectivity index (χ1v) is 7.83. The maximum absolute atomic E-state index is 12.1. The third-order valence-corrected chi connectivity index (χ3v) is 3.78. The van der Waals surface area contributed by atoms with Gasteiger partial charge in [-0.1, -0.05) is 26.0 Å². The molecule has 1 heterocycles. The molecular weight excluding hydrogens is 294 g/mol. The fourth-order valence-electron chi connectivity index (χ4n) is 2.29. The van der Waals surface area contributed by atoms with Crippen LogP contribution >= 0.6 is 0 Å². The van der Waals surface area contributed by atoms with E-state index >= 15 is 0 Å². The van der Waals surface area contributed by atoms with Gasteiger partial charge in [0.25, 0.3) is 5.91 Å². The first-order valence-electron chi connectivity index (χ1n) is 7.83. The van der Waals surface area contributed by atoms with E-state index in [-0.39, 0.29) is 23.4 Å². The molecule has 1 aromatic carbocycles. The normalized spacial score (nSPS) is 12.3. The van der Waals surface area contributed by atoms with Gasteiger partial charge in [0.15, 0.2) is 5.69 Å². The third kappa shape index (κ3) is 4.56. The van der Waals surface area contributed by atoms with Crippen molar-refractivity contribution in [3.05, 3.63) is 47.7 Å². The predicted octanol–water partition coefficient (Wildman–Crippen LogP) is 2.54. The number of carbonyl (C=O) groups is 1. The average molecular weight is 317 g/mol. The molecule has 23 heavy (non-hydrogen) atoms. The molecule has 0 radical (unpaired) electrons. The van der Waals surface area contributed by atoms with Crippen LogP contribution in [0.1, 0.15) is 54.7 Å². The summed E-state index contributed by atoms with van der Waals surface area (Å²) in [6.45, 7) is 4.05. The van der Waals surface area contributed by atoms with Crippen LogP contribution in [-0.2, 0) is 6.42 Å². The number of nitrogens with one attached hydrogen (secondary N) is 1. The van der Waals surface area contributed by atoms with E-state index in [1.165, 1.54) is 6.26 Å². The molecular formula is C17H23N3O3. The Morgan fingerprint density at radius 1 is 1.30 bits per heavy atom. The molecule has 0 aliphatic carbocycles. The molecule has 0 saturated heterocycles. The van der Waals surface area contributed by atoms with Gasteiger partial charge in [-0.25, -0.2) is 4.98 Å². The number of phenolic OH excluding ortho intramolecular Hbond substituents is 1. The Balaban J connectivity index is 2.00. The van der Waals surface area contributed by atoms with E-state index in [0.29, 0.717) is 12.3 Å². The Hall–Kier alpha value is -2.34. The minimum atomic E-state index is -0.450. The average Bonchev–Trinajstić information content (AvgIpc) is 3.04. The van der Waals surface area contributed by atoms with Crippen LogP contribution in [0.2, 0.25) is 0 Å². The summed E-state index contributed by atoms with van der Waals surface area (Å²) in [5, 5.41) is 12.2. The van der Waals surface area contributed by atoms with Crippen molar-refractivity contribution < 1.29 is 14.3 Å². The van der Waals surface area contributed by atoms with E-state index in [1.807, 2.05) is 13.8 Å². The SMILES string of the molecule is CCC(CC)NC(=O)c1coc(C(N)Cc2ccc(O)cc2)n1. The largest absolute Gasteiger partial charge is 0.508 e. The highest BCUT2D eigenvalue weighted by molar-refractivity contribution is 5.92. The molecule has 4 N–H and O–H groups in total. The maximum atomic E-state index is 12.1. The summed E-state index contributed by atoms with van der Waals surface area (Å²) in [6, 6.07) is 6.47. The van der Waals surface area contributed by atoms with E-state index in [0.717, 1.165) is 18.4 Å². The highest BCUT2D eigenvalue weighted by atomic mass is 16.3. The molecule has 1 unspecified atom stereocenters. The molecule has 0 aliphatic rings. The first kappa shape index (κ1) is 17.0. The van der Waals surface area contributed by atoms with Gasteiger partial charge in [-0.05, 0) is 37.0 Å². The Bertz CT molecular complexity index is 633. The Morgan fingerprint density at radius 2 is 1.96 bits per heavy atom. The second-order valence-corrected chi connectivity index (χ2v) is 5.53. The highest BCUT2D eigenvalue weighted by Gasteiger charge is 2.18. The number of nitrogens with zero attached hydrogens (tertiary/aromatic N) is 1. The number of aromatic nitrogens is 1. The van der Waals surface area contributed by atoms with Crippen molar-refractivity contribution in [3.63, 3.8) is 0 Å². The molecule has 6 nitrogen and oxygen atoms in total. The third-order valence-electron chi connectivity index (χ3n) is 3.78. The van der Waals surface area contributed by atoms with Crippen molar-refractivity contribution in [2.45, 2.75) is 45.2 Å². The van der Waals surface area contributed by atoms with E-state index < -0.39 is 6.04 Å². The molecule has 124 valence electrons. The number of benzene rings is 1. The van der Waals surface area contributed by atoms with Crippen molar-refractivity contribution in [1.82, 2.24) is 10.3 Å². The maximum Gasteiger partial charge on any atom is 0.273 e. The Morgan fingerprint density at radius 3 is 2.57 bits per heavy atom. The molecule has 1 amide bonds. The molecule has 0 aliphatic heterocycles. The Kier molecular flexibility index (Phi) is 5.76. The van der Waals surface area contributed by atoms with Crippen molar-refractivity contribution in [2.75, 3.05) is 0 Å². The first-order chi connectivity index (χ1) is 11.0. The number of hydrogen-bond donors (Lipinski definition) is 3. The summed E-state index contributed by atoms with van der Waals surface area (Å²) in [6.07, 6.45) is 3.58. The molecule has 6 heteroatoms. The molecule has 2 rings (SSSR count). The fraction of sp³-hybridized carbons (Fsp3) is 0.412. The van der Waals surface area contributed by atoms with E-state index in [4.69, 9.17) is 10.2 Å². The minimum Gasteiger partial charge on any atom is -0.508 e. The molecule has 1 aromatic heterocycles. The number of phenols is 1. The summed E-state index contributed by atoms with van der Waals surface area (Å²) in [5.74, 6) is 0.289. The van der Waals surface area contributed by atoms with Crippen LogP contribution < -0.4 is 11.1 Å². The molecule has 0 bridgehead atoms. The quantitative estimate of drug-likeness (QED) is 0.728. The minimum absolute atomic E-state index is 0.133. The van der Waals surface area contributed by atoms with Crippen LogP contribution in [0.15, 0.2) is 34.9 Å². The van der Waals surface area contributed by atoms with Gasteiger partial charge < -0.3 is 20.6 Å². The second kappa shape index (κ2) is 7.78. The number of amides is 1.